The van der Waals surface area contributed by atoms with Crippen LogP contribution in [0.5, 0.6) is 0 Å². The Morgan fingerprint density at radius 2 is 1.48 bits per heavy atom. The number of hydrogen-bond acceptors (Lipinski definition) is 1. The van der Waals surface area contributed by atoms with Crippen LogP contribution >= 0.6 is 0 Å². The van der Waals surface area contributed by atoms with Crippen molar-refractivity contribution in [3.63, 3.8) is 0 Å². The summed E-state index contributed by atoms with van der Waals surface area (Å²) in [7, 11) is 0. The number of aromatic nitrogens is 2. The van der Waals surface area contributed by atoms with Crippen LogP contribution in [0.3, 0.4) is 0 Å². The summed E-state index contributed by atoms with van der Waals surface area (Å²) in [6.07, 6.45) is 0. The number of imidazole rings is 1. The molecule has 3 aromatic carbocycles. The summed E-state index contributed by atoms with van der Waals surface area (Å²) in [5.41, 5.74) is 5.94. The van der Waals surface area contributed by atoms with Crippen molar-refractivity contribution < 1.29 is 0 Å². The lowest BCUT2D eigenvalue weighted by Crippen LogP contribution is -2.02. The van der Waals surface area contributed by atoms with Gasteiger partial charge >= 0.3 is 0 Å². The minimum Gasteiger partial charge on any atom is -0.319 e. The number of para-hydroxylation sites is 2. The molecule has 0 saturated heterocycles. The predicted molar refractivity (Wildman–Crippen MR) is 95.5 cm³/mol. The van der Waals surface area contributed by atoms with Crippen LogP contribution in [0.25, 0.3) is 22.4 Å². The van der Waals surface area contributed by atoms with E-state index in [1.807, 2.05) is 6.07 Å². The number of benzene rings is 3. The van der Waals surface area contributed by atoms with E-state index in [2.05, 4.69) is 84.3 Å². The summed E-state index contributed by atoms with van der Waals surface area (Å²) in [5.74, 6) is 1.04. The van der Waals surface area contributed by atoms with E-state index in [1.54, 1.807) is 0 Å². The van der Waals surface area contributed by atoms with Gasteiger partial charge in [0.1, 0.15) is 5.82 Å². The first-order valence-electron chi connectivity index (χ1n) is 7.88. The van der Waals surface area contributed by atoms with Crippen molar-refractivity contribution in [2.24, 2.45) is 0 Å². The highest BCUT2D eigenvalue weighted by molar-refractivity contribution is 5.81. The third-order valence-corrected chi connectivity index (χ3v) is 4.22. The van der Waals surface area contributed by atoms with E-state index in [4.69, 9.17) is 4.98 Å². The van der Waals surface area contributed by atoms with Gasteiger partial charge in [0.05, 0.1) is 11.0 Å². The molecule has 0 aliphatic carbocycles. The maximum Gasteiger partial charge on any atom is 0.141 e. The standard InChI is InChI=1S/C21H18N2/c1-16-9-5-6-12-18(16)21-22-19-13-7-8-14-20(19)23(21)15-17-10-3-2-4-11-17/h2-14H,15H2,1H3. The summed E-state index contributed by atoms with van der Waals surface area (Å²) in [6, 6.07) is 27.3. The number of fused-ring (bicyclic) bond motifs is 1. The van der Waals surface area contributed by atoms with Gasteiger partial charge in [-0.15, -0.1) is 0 Å². The first-order valence-corrected chi connectivity index (χ1v) is 7.88. The third kappa shape index (κ3) is 2.53. The van der Waals surface area contributed by atoms with Gasteiger partial charge in [-0.25, -0.2) is 4.98 Å². The largest absolute Gasteiger partial charge is 0.319 e. The molecule has 4 aromatic rings. The van der Waals surface area contributed by atoms with Crippen LogP contribution in [0.4, 0.5) is 0 Å². The second-order valence-corrected chi connectivity index (χ2v) is 5.81. The van der Waals surface area contributed by atoms with Gasteiger partial charge in [0.15, 0.2) is 0 Å². The molecule has 23 heavy (non-hydrogen) atoms. The van der Waals surface area contributed by atoms with Gasteiger partial charge in [0.2, 0.25) is 0 Å². The summed E-state index contributed by atoms with van der Waals surface area (Å²) in [4.78, 5) is 4.90. The van der Waals surface area contributed by atoms with Gasteiger partial charge in [-0.3, -0.25) is 0 Å². The van der Waals surface area contributed by atoms with Gasteiger partial charge in [-0.2, -0.15) is 0 Å². The van der Waals surface area contributed by atoms with Crippen LogP contribution in [-0.4, -0.2) is 9.55 Å². The van der Waals surface area contributed by atoms with Crippen molar-refractivity contribution in [3.8, 4) is 11.4 Å². The Morgan fingerprint density at radius 1 is 0.783 bits per heavy atom. The quantitative estimate of drug-likeness (QED) is 0.517. The molecular formula is C21H18N2. The smallest absolute Gasteiger partial charge is 0.141 e. The summed E-state index contributed by atoms with van der Waals surface area (Å²) in [5, 5.41) is 0. The Kier molecular flexibility index (Phi) is 3.43. The third-order valence-electron chi connectivity index (χ3n) is 4.22. The molecule has 1 heterocycles. The van der Waals surface area contributed by atoms with Gasteiger partial charge in [-0.05, 0) is 30.2 Å². The summed E-state index contributed by atoms with van der Waals surface area (Å²) >= 11 is 0. The van der Waals surface area contributed by atoms with Crippen LogP contribution < -0.4 is 0 Å². The highest BCUT2D eigenvalue weighted by Gasteiger charge is 2.14. The first kappa shape index (κ1) is 13.8. The maximum atomic E-state index is 4.90. The van der Waals surface area contributed by atoms with Crippen LogP contribution in [0.1, 0.15) is 11.1 Å². The molecule has 0 radical (unpaired) electrons. The zero-order chi connectivity index (χ0) is 15.6. The lowest BCUT2D eigenvalue weighted by molar-refractivity contribution is 0.833. The number of nitrogens with zero attached hydrogens (tertiary/aromatic N) is 2. The fraction of sp³-hybridized carbons (Fsp3) is 0.0952. The SMILES string of the molecule is Cc1ccccc1-c1nc2ccccc2n1Cc1ccccc1. The Bertz CT molecular complexity index is 952. The molecular weight excluding hydrogens is 280 g/mol. The lowest BCUT2D eigenvalue weighted by Gasteiger charge is -2.11. The zero-order valence-corrected chi connectivity index (χ0v) is 13.1. The molecule has 0 N–H and O–H groups in total. The topological polar surface area (TPSA) is 17.8 Å². The molecule has 0 atom stereocenters. The van der Waals surface area contributed by atoms with Gasteiger partial charge in [-0.1, -0.05) is 66.7 Å². The maximum absolute atomic E-state index is 4.90. The highest BCUT2D eigenvalue weighted by Crippen LogP contribution is 2.27. The monoisotopic (exact) mass is 298 g/mol. The number of hydrogen-bond donors (Lipinski definition) is 0. The highest BCUT2D eigenvalue weighted by atomic mass is 15.1. The molecule has 0 aliphatic rings. The molecule has 0 saturated carbocycles. The number of rotatable bonds is 3. The molecule has 1 aromatic heterocycles. The van der Waals surface area contributed by atoms with Crippen molar-refractivity contribution >= 4 is 11.0 Å². The second kappa shape index (κ2) is 5.73. The van der Waals surface area contributed by atoms with Gasteiger partial charge in [0, 0.05) is 12.1 Å². The van der Waals surface area contributed by atoms with E-state index < -0.39 is 0 Å². The van der Waals surface area contributed by atoms with Gasteiger partial charge in [0.25, 0.3) is 0 Å². The molecule has 4 rings (SSSR count). The van der Waals surface area contributed by atoms with Crippen molar-refractivity contribution in [2.45, 2.75) is 13.5 Å². The molecule has 0 fully saturated rings. The van der Waals surface area contributed by atoms with E-state index in [1.165, 1.54) is 22.2 Å². The van der Waals surface area contributed by atoms with Crippen LogP contribution in [-0.2, 0) is 6.54 Å². The fourth-order valence-electron chi connectivity index (χ4n) is 3.03. The Labute approximate surface area is 136 Å². The Morgan fingerprint density at radius 3 is 2.30 bits per heavy atom. The normalized spacial score (nSPS) is 11.0. The molecule has 0 spiro atoms. The van der Waals surface area contributed by atoms with E-state index in [9.17, 15) is 0 Å². The molecule has 2 nitrogen and oxygen atoms in total. The molecule has 0 unspecified atom stereocenters. The van der Waals surface area contributed by atoms with Crippen molar-refractivity contribution in [1.29, 1.82) is 0 Å². The van der Waals surface area contributed by atoms with Crippen molar-refractivity contribution in [3.05, 3.63) is 90.0 Å². The molecule has 112 valence electrons. The molecule has 2 heteroatoms. The lowest BCUT2D eigenvalue weighted by atomic mass is 10.1. The average Bonchev–Trinajstić information content (AvgIpc) is 2.95. The summed E-state index contributed by atoms with van der Waals surface area (Å²) in [6.45, 7) is 2.96. The van der Waals surface area contributed by atoms with Crippen molar-refractivity contribution in [2.75, 3.05) is 0 Å². The van der Waals surface area contributed by atoms with Crippen LogP contribution in [0.2, 0.25) is 0 Å². The minimum absolute atomic E-state index is 0.824. The van der Waals surface area contributed by atoms with Crippen LogP contribution in [0.15, 0.2) is 78.9 Å². The van der Waals surface area contributed by atoms with E-state index in [0.717, 1.165) is 17.9 Å². The first-order chi connectivity index (χ1) is 11.3. The number of aryl methyl sites for hydroxylation is 1. The molecule has 0 bridgehead atoms. The molecule has 0 amide bonds. The van der Waals surface area contributed by atoms with E-state index in [-0.39, 0.29) is 0 Å². The Hall–Kier alpha value is -2.87. The fourth-order valence-corrected chi connectivity index (χ4v) is 3.03. The zero-order valence-electron chi connectivity index (χ0n) is 13.1. The Balaban J connectivity index is 1.93. The average molecular weight is 298 g/mol. The predicted octanol–water partition coefficient (Wildman–Crippen LogP) is 5.06. The minimum atomic E-state index is 0.824. The second-order valence-electron chi connectivity index (χ2n) is 5.81. The van der Waals surface area contributed by atoms with E-state index in [0.29, 0.717) is 0 Å². The van der Waals surface area contributed by atoms with E-state index >= 15 is 0 Å². The van der Waals surface area contributed by atoms with Gasteiger partial charge < -0.3 is 4.57 Å². The van der Waals surface area contributed by atoms with Crippen molar-refractivity contribution in [1.82, 2.24) is 9.55 Å². The van der Waals surface area contributed by atoms with Crippen LogP contribution in [0, 0.1) is 6.92 Å². The summed E-state index contributed by atoms with van der Waals surface area (Å²) < 4.78 is 2.31. The molecule has 0 aliphatic heterocycles.